The van der Waals surface area contributed by atoms with E-state index in [9.17, 15) is 9.59 Å². The lowest BCUT2D eigenvalue weighted by Crippen LogP contribution is -2.40. The van der Waals surface area contributed by atoms with Crippen molar-refractivity contribution >= 4 is 12.3 Å². The van der Waals surface area contributed by atoms with E-state index < -0.39 is 0 Å². The summed E-state index contributed by atoms with van der Waals surface area (Å²) in [7, 11) is 0. The molecule has 1 fully saturated rings. The highest BCUT2D eigenvalue weighted by atomic mass is 16.2. The van der Waals surface area contributed by atoms with Crippen LogP contribution in [0.4, 0.5) is 0 Å². The zero-order valence-electron chi connectivity index (χ0n) is 10.7. The molecule has 0 radical (unpaired) electrons. The minimum Gasteiger partial charge on any atom is -0.282 e. The second kappa shape index (κ2) is 5.46. The van der Waals surface area contributed by atoms with Gasteiger partial charge in [0.25, 0.3) is 0 Å². The predicted molar refractivity (Wildman–Crippen MR) is 63.9 cm³/mol. The molecule has 3 nitrogen and oxygen atoms in total. The quantitative estimate of drug-likeness (QED) is 0.547. The molecule has 1 rings (SSSR count). The molecule has 0 aromatic carbocycles. The molecule has 0 spiro atoms. The Balaban J connectivity index is 2.75. The van der Waals surface area contributed by atoms with Crippen LogP contribution in [0.1, 0.15) is 59.3 Å². The summed E-state index contributed by atoms with van der Waals surface area (Å²) in [6.07, 6.45) is 6.56. The van der Waals surface area contributed by atoms with Crippen molar-refractivity contribution in [3.05, 3.63) is 0 Å². The molecule has 0 aromatic heterocycles. The number of carbonyl (C=O) groups excluding carboxylic acids is 2. The van der Waals surface area contributed by atoms with Crippen LogP contribution in [-0.4, -0.2) is 23.3 Å². The molecule has 2 amide bonds. The first-order chi connectivity index (χ1) is 7.50. The normalized spacial score (nSPS) is 24.6. The number of rotatable bonds is 3. The van der Waals surface area contributed by atoms with E-state index in [1.54, 1.807) is 6.92 Å². The van der Waals surface area contributed by atoms with Crippen molar-refractivity contribution in [2.45, 2.75) is 65.3 Å². The van der Waals surface area contributed by atoms with E-state index in [2.05, 4.69) is 13.8 Å². The molecule has 1 aliphatic rings. The van der Waals surface area contributed by atoms with Crippen LogP contribution in [0.3, 0.4) is 0 Å². The summed E-state index contributed by atoms with van der Waals surface area (Å²) in [5, 5.41) is 0. The molecule has 1 saturated carbocycles. The van der Waals surface area contributed by atoms with E-state index in [4.69, 9.17) is 0 Å². The van der Waals surface area contributed by atoms with Crippen LogP contribution >= 0.6 is 0 Å². The van der Waals surface area contributed by atoms with Gasteiger partial charge in [0.05, 0.1) is 0 Å². The van der Waals surface area contributed by atoms with Crippen LogP contribution < -0.4 is 0 Å². The fourth-order valence-corrected chi connectivity index (χ4v) is 2.59. The monoisotopic (exact) mass is 225 g/mol. The third-order valence-electron chi connectivity index (χ3n) is 3.53. The summed E-state index contributed by atoms with van der Waals surface area (Å²) in [5.74, 6) is -0.0438. The topological polar surface area (TPSA) is 37.4 Å². The van der Waals surface area contributed by atoms with Crippen molar-refractivity contribution in [1.82, 2.24) is 4.90 Å². The fourth-order valence-electron chi connectivity index (χ4n) is 2.59. The maximum Gasteiger partial charge on any atom is 0.228 e. The third kappa shape index (κ3) is 3.32. The molecule has 1 aliphatic carbocycles. The van der Waals surface area contributed by atoms with Crippen molar-refractivity contribution in [2.24, 2.45) is 5.41 Å². The lowest BCUT2D eigenvalue weighted by atomic mass is 9.83. The Morgan fingerprint density at radius 2 is 2.12 bits per heavy atom. The standard InChI is InChI=1S/C13H23NO2/c1-4-12(16)14(10-15)11-7-5-6-8-13(2,3)9-11/h10-11H,4-9H2,1-3H3. The van der Waals surface area contributed by atoms with Gasteiger partial charge in [-0.15, -0.1) is 0 Å². The summed E-state index contributed by atoms with van der Waals surface area (Å²) < 4.78 is 0. The highest BCUT2D eigenvalue weighted by molar-refractivity contribution is 5.86. The smallest absolute Gasteiger partial charge is 0.228 e. The Morgan fingerprint density at radius 1 is 1.44 bits per heavy atom. The largest absolute Gasteiger partial charge is 0.282 e. The molecule has 0 saturated heterocycles. The average Bonchev–Trinajstić information content (AvgIpc) is 2.40. The van der Waals surface area contributed by atoms with Gasteiger partial charge in [0.15, 0.2) is 0 Å². The number of hydrogen-bond acceptors (Lipinski definition) is 2. The number of amides is 2. The first-order valence-electron chi connectivity index (χ1n) is 6.26. The number of hydrogen-bond donors (Lipinski definition) is 0. The molecule has 92 valence electrons. The van der Waals surface area contributed by atoms with E-state index >= 15 is 0 Å². The third-order valence-corrected chi connectivity index (χ3v) is 3.53. The molecular weight excluding hydrogens is 202 g/mol. The van der Waals surface area contributed by atoms with Gasteiger partial charge in [-0.3, -0.25) is 14.5 Å². The van der Waals surface area contributed by atoms with Crippen LogP contribution in [0.15, 0.2) is 0 Å². The van der Waals surface area contributed by atoms with Crippen LogP contribution in [0.5, 0.6) is 0 Å². The summed E-state index contributed by atoms with van der Waals surface area (Å²) in [5.41, 5.74) is 0.246. The van der Waals surface area contributed by atoms with E-state index in [0.29, 0.717) is 6.42 Å². The Bertz CT molecular complexity index is 261. The molecule has 0 heterocycles. The molecule has 1 unspecified atom stereocenters. The van der Waals surface area contributed by atoms with Gasteiger partial charge in [-0.05, 0) is 24.7 Å². The minimum atomic E-state index is -0.0438. The van der Waals surface area contributed by atoms with Crippen molar-refractivity contribution in [3.63, 3.8) is 0 Å². The van der Waals surface area contributed by atoms with Gasteiger partial charge in [-0.25, -0.2) is 0 Å². The van der Waals surface area contributed by atoms with E-state index in [1.807, 2.05) is 0 Å². The Labute approximate surface area is 98.2 Å². The Hall–Kier alpha value is -0.860. The maximum absolute atomic E-state index is 11.7. The zero-order valence-corrected chi connectivity index (χ0v) is 10.7. The summed E-state index contributed by atoms with van der Waals surface area (Å²) in [6, 6.07) is 0.113. The summed E-state index contributed by atoms with van der Waals surface area (Å²) >= 11 is 0. The van der Waals surface area contributed by atoms with Crippen LogP contribution in [0.25, 0.3) is 0 Å². The highest BCUT2D eigenvalue weighted by Gasteiger charge is 2.31. The van der Waals surface area contributed by atoms with Gasteiger partial charge in [-0.2, -0.15) is 0 Å². The fraction of sp³-hybridized carbons (Fsp3) is 0.846. The van der Waals surface area contributed by atoms with Crippen LogP contribution in [0, 0.1) is 5.41 Å². The summed E-state index contributed by atoms with van der Waals surface area (Å²) in [4.78, 5) is 24.1. The molecule has 3 heteroatoms. The van der Waals surface area contributed by atoms with Crippen molar-refractivity contribution < 1.29 is 9.59 Å². The molecular formula is C13H23NO2. The Kier molecular flexibility index (Phi) is 4.51. The summed E-state index contributed by atoms with van der Waals surface area (Å²) in [6.45, 7) is 6.26. The van der Waals surface area contributed by atoms with Gasteiger partial charge in [0.2, 0.25) is 12.3 Å². The first kappa shape index (κ1) is 13.2. The SMILES string of the molecule is CCC(=O)N(C=O)C1CCCCC(C)(C)C1. The second-order valence-electron chi connectivity index (χ2n) is 5.53. The number of imide groups is 1. The van der Waals surface area contributed by atoms with Crippen LogP contribution in [-0.2, 0) is 9.59 Å². The molecule has 16 heavy (non-hydrogen) atoms. The van der Waals surface area contributed by atoms with Gasteiger partial charge in [0, 0.05) is 12.5 Å². The van der Waals surface area contributed by atoms with Crippen molar-refractivity contribution in [2.75, 3.05) is 0 Å². The lowest BCUT2D eigenvalue weighted by molar-refractivity contribution is -0.141. The molecule has 0 N–H and O–H groups in total. The average molecular weight is 225 g/mol. The number of carbonyl (C=O) groups is 2. The molecule has 0 bridgehead atoms. The molecule has 0 aliphatic heterocycles. The van der Waals surface area contributed by atoms with E-state index in [0.717, 1.165) is 25.7 Å². The maximum atomic E-state index is 11.7. The predicted octanol–water partition coefficient (Wildman–Crippen LogP) is 2.74. The van der Waals surface area contributed by atoms with Gasteiger partial charge in [0.1, 0.15) is 0 Å². The highest BCUT2D eigenvalue weighted by Crippen LogP contribution is 2.35. The van der Waals surface area contributed by atoms with Crippen molar-refractivity contribution in [3.8, 4) is 0 Å². The van der Waals surface area contributed by atoms with Gasteiger partial charge < -0.3 is 0 Å². The van der Waals surface area contributed by atoms with Crippen molar-refractivity contribution in [1.29, 1.82) is 0 Å². The number of nitrogens with zero attached hydrogens (tertiary/aromatic N) is 1. The van der Waals surface area contributed by atoms with Gasteiger partial charge >= 0.3 is 0 Å². The molecule has 1 atom stereocenters. The second-order valence-corrected chi connectivity index (χ2v) is 5.53. The van der Waals surface area contributed by atoms with Gasteiger partial charge in [-0.1, -0.05) is 33.6 Å². The molecule has 0 aromatic rings. The van der Waals surface area contributed by atoms with E-state index in [1.165, 1.54) is 17.7 Å². The zero-order chi connectivity index (χ0) is 12.2. The van der Waals surface area contributed by atoms with Crippen LogP contribution in [0.2, 0.25) is 0 Å². The first-order valence-corrected chi connectivity index (χ1v) is 6.26. The minimum absolute atomic E-state index is 0.0438. The Morgan fingerprint density at radius 3 is 2.69 bits per heavy atom. The lowest BCUT2D eigenvalue weighted by Gasteiger charge is -2.31. The van der Waals surface area contributed by atoms with E-state index in [-0.39, 0.29) is 17.4 Å².